The van der Waals surface area contributed by atoms with Crippen molar-refractivity contribution in [2.45, 2.75) is 6.61 Å². The average Bonchev–Trinajstić information content (AvgIpc) is 2.86. The topological polar surface area (TPSA) is 81.4 Å². The maximum atomic E-state index is 12.1. The predicted octanol–water partition coefficient (Wildman–Crippen LogP) is 2.70. The molecule has 0 aliphatic heterocycles. The third-order valence-corrected chi connectivity index (χ3v) is 3.31. The molecule has 2 aromatic rings. The van der Waals surface area contributed by atoms with Crippen LogP contribution in [-0.2, 0) is 0 Å². The number of alkyl halides is 2. The number of primary amides is 1. The summed E-state index contributed by atoms with van der Waals surface area (Å²) >= 11 is 1.13. The first-order chi connectivity index (χ1) is 9.97. The van der Waals surface area contributed by atoms with E-state index in [4.69, 9.17) is 5.73 Å². The molecule has 21 heavy (non-hydrogen) atoms. The van der Waals surface area contributed by atoms with Gasteiger partial charge in [-0.2, -0.15) is 8.78 Å². The summed E-state index contributed by atoms with van der Waals surface area (Å²) in [4.78, 5) is 23.2. The van der Waals surface area contributed by atoms with Gasteiger partial charge in [0.05, 0.1) is 5.56 Å². The molecule has 0 saturated carbocycles. The molecular formula is C13H10F2N2O3S. The third-order valence-electron chi connectivity index (χ3n) is 2.48. The minimum absolute atomic E-state index is 0.122. The maximum Gasteiger partial charge on any atom is 0.387 e. The summed E-state index contributed by atoms with van der Waals surface area (Å²) in [6.07, 6.45) is 0. The second-order valence-electron chi connectivity index (χ2n) is 3.89. The molecule has 1 aromatic heterocycles. The van der Waals surface area contributed by atoms with Gasteiger partial charge in [0, 0.05) is 5.56 Å². The number of anilines is 1. The average molecular weight is 312 g/mol. The van der Waals surface area contributed by atoms with E-state index in [1.165, 1.54) is 30.3 Å². The van der Waals surface area contributed by atoms with Crippen LogP contribution in [0.15, 0.2) is 35.7 Å². The number of amides is 2. The first-order valence-electron chi connectivity index (χ1n) is 5.71. The first-order valence-corrected chi connectivity index (χ1v) is 6.59. The van der Waals surface area contributed by atoms with Crippen molar-refractivity contribution in [2.24, 2.45) is 5.73 Å². The molecule has 8 heteroatoms. The predicted molar refractivity (Wildman–Crippen MR) is 73.9 cm³/mol. The number of hydrogen-bond donors (Lipinski definition) is 2. The lowest BCUT2D eigenvalue weighted by Gasteiger charge is -2.07. The van der Waals surface area contributed by atoms with Crippen LogP contribution in [0.4, 0.5) is 13.8 Å². The quantitative estimate of drug-likeness (QED) is 0.890. The molecule has 1 aromatic carbocycles. The highest BCUT2D eigenvalue weighted by Crippen LogP contribution is 2.24. The summed E-state index contributed by atoms with van der Waals surface area (Å²) in [5.41, 5.74) is 5.48. The Morgan fingerprint density at radius 3 is 2.71 bits per heavy atom. The van der Waals surface area contributed by atoms with Gasteiger partial charge in [-0.15, -0.1) is 11.3 Å². The number of nitrogens with two attached hydrogens (primary N) is 1. The zero-order chi connectivity index (χ0) is 15.4. The lowest BCUT2D eigenvalue weighted by Crippen LogP contribution is -2.16. The molecule has 0 spiro atoms. The van der Waals surface area contributed by atoms with E-state index >= 15 is 0 Å². The van der Waals surface area contributed by atoms with Crippen LogP contribution in [-0.4, -0.2) is 18.4 Å². The highest BCUT2D eigenvalue weighted by molar-refractivity contribution is 7.14. The van der Waals surface area contributed by atoms with Crippen LogP contribution in [0, 0.1) is 0 Å². The van der Waals surface area contributed by atoms with Gasteiger partial charge in [0.25, 0.3) is 11.8 Å². The Morgan fingerprint density at radius 1 is 1.29 bits per heavy atom. The van der Waals surface area contributed by atoms with Crippen molar-refractivity contribution < 1.29 is 23.1 Å². The Labute approximate surface area is 122 Å². The van der Waals surface area contributed by atoms with E-state index in [1.54, 1.807) is 5.38 Å². The second-order valence-corrected chi connectivity index (χ2v) is 4.80. The molecule has 0 saturated heterocycles. The fourth-order valence-corrected chi connectivity index (χ4v) is 2.38. The fourth-order valence-electron chi connectivity index (χ4n) is 1.59. The number of carbonyl (C=O) groups excluding carboxylic acids is 2. The van der Waals surface area contributed by atoms with Crippen molar-refractivity contribution in [1.82, 2.24) is 0 Å². The number of nitrogens with one attached hydrogen (secondary N) is 1. The Hall–Kier alpha value is -2.48. The third kappa shape index (κ3) is 3.76. The molecule has 0 bridgehead atoms. The summed E-state index contributed by atoms with van der Waals surface area (Å²) in [6, 6.07) is 6.82. The fraction of sp³-hybridized carbons (Fsp3) is 0.0769. The van der Waals surface area contributed by atoms with Crippen molar-refractivity contribution in [3.8, 4) is 5.75 Å². The summed E-state index contributed by atoms with van der Waals surface area (Å²) in [5, 5.41) is 4.41. The summed E-state index contributed by atoms with van der Waals surface area (Å²) in [5.74, 6) is -1.35. The lowest BCUT2D eigenvalue weighted by molar-refractivity contribution is -0.0498. The van der Waals surface area contributed by atoms with Gasteiger partial charge < -0.3 is 15.8 Å². The van der Waals surface area contributed by atoms with Crippen LogP contribution in [0.1, 0.15) is 20.7 Å². The van der Waals surface area contributed by atoms with Crippen LogP contribution >= 0.6 is 11.3 Å². The van der Waals surface area contributed by atoms with Crippen LogP contribution in [0.25, 0.3) is 0 Å². The van der Waals surface area contributed by atoms with E-state index in [0.717, 1.165) is 11.3 Å². The highest BCUT2D eigenvalue weighted by Gasteiger charge is 2.14. The van der Waals surface area contributed by atoms with E-state index in [9.17, 15) is 18.4 Å². The lowest BCUT2D eigenvalue weighted by atomic mass is 10.2. The highest BCUT2D eigenvalue weighted by atomic mass is 32.1. The maximum absolute atomic E-state index is 12.1. The first kappa shape index (κ1) is 14.9. The molecule has 0 atom stereocenters. The van der Waals surface area contributed by atoms with Crippen LogP contribution in [0.2, 0.25) is 0 Å². The monoisotopic (exact) mass is 312 g/mol. The number of halogens is 2. The normalized spacial score (nSPS) is 10.4. The number of ether oxygens (including phenoxy) is 1. The van der Waals surface area contributed by atoms with Gasteiger partial charge >= 0.3 is 6.61 Å². The van der Waals surface area contributed by atoms with Gasteiger partial charge in [0.2, 0.25) is 0 Å². The standard InChI is InChI=1S/C13H10F2N2O3S/c14-13(15)20-8-3-1-2-7(6-8)11(19)17-12-9(10(16)18)4-5-21-12/h1-6,13H,(H2,16,18)(H,17,19). The van der Waals surface area contributed by atoms with Gasteiger partial charge in [-0.1, -0.05) is 6.07 Å². The molecule has 0 unspecified atom stereocenters. The SMILES string of the molecule is NC(=O)c1ccsc1NC(=O)c1cccc(OC(F)F)c1. The molecule has 0 aliphatic rings. The van der Waals surface area contributed by atoms with E-state index in [2.05, 4.69) is 10.1 Å². The van der Waals surface area contributed by atoms with Crippen molar-refractivity contribution in [1.29, 1.82) is 0 Å². The number of benzene rings is 1. The van der Waals surface area contributed by atoms with Gasteiger partial charge in [-0.05, 0) is 29.6 Å². The zero-order valence-electron chi connectivity index (χ0n) is 10.5. The summed E-state index contributed by atoms with van der Waals surface area (Å²) in [7, 11) is 0. The van der Waals surface area contributed by atoms with Crippen LogP contribution in [0.3, 0.4) is 0 Å². The van der Waals surface area contributed by atoms with Crippen molar-refractivity contribution in [2.75, 3.05) is 5.32 Å². The minimum atomic E-state index is -2.97. The second kappa shape index (κ2) is 6.31. The molecule has 2 rings (SSSR count). The smallest absolute Gasteiger partial charge is 0.387 e. The Morgan fingerprint density at radius 2 is 2.05 bits per heavy atom. The Balaban J connectivity index is 2.17. The minimum Gasteiger partial charge on any atom is -0.435 e. The molecule has 0 fully saturated rings. The largest absolute Gasteiger partial charge is 0.435 e. The molecule has 3 N–H and O–H groups in total. The number of carbonyl (C=O) groups is 2. The van der Waals surface area contributed by atoms with Crippen molar-refractivity contribution in [3.63, 3.8) is 0 Å². The van der Waals surface area contributed by atoms with Gasteiger partial charge in [0.15, 0.2) is 0 Å². The van der Waals surface area contributed by atoms with E-state index in [1.807, 2.05) is 0 Å². The van der Waals surface area contributed by atoms with Gasteiger partial charge in [-0.3, -0.25) is 9.59 Å². The van der Waals surface area contributed by atoms with E-state index in [-0.39, 0.29) is 16.9 Å². The van der Waals surface area contributed by atoms with E-state index in [0.29, 0.717) is 5.00 Å². The molecule has 110 valence electrons. The number of hydrogen-bond acceptors (Lipinski definition) is 4. The molecule has 1 heterocycles. The van der Waals surface area contributed by atoms with E-state index < -0.39 is 18.4 Å². The molecule has 0 radical (unpaired) electrons. The Kier molecular flexibility index (Phi) is 4.49. The van der Waals surface area contributed by atoms with Crippen LogP contribution in [0.5, 0.6) is 5.75 Å². The number of rotatable bonds is 5. The summed E-state index contributed by atoms with van der Waals surface area (Å²) in [6.45, 7) is -2.97. The van der Waals surface area contributed by atoms with Crippen molar-refractivity contribution in [3.05, 3.63) is 46.8 Å². The van der Waals surface area contributed by atoms with Gasteiger partial charge in [0.1, 0.15) is 10.8 Å². The van der Waals surface area contributed by atoms with Crippen molar-refractivity contribution >= 4 is 28.2 Å². The van der Waals surface area contributed by atoms with Gasteiger partial charge in [-0.25, -0.2) is 0 Å². The molecule has 5 nitrogen and oxygen atoms in total. The number of thiophene rings is 1. The van der Waals surface area contributed by atoms with Crippen LogP contribution < -0.4 is 15.8 Å². The summed E-state index contributed by atoms with van der Waals surface area (Å²) < 4.78 is 28.5. The Bertz CT molecular complexity index is 673. The molecular weight excluding hydrogens is 302 g/mol. The zero-order valence-corrected chi connectivity index (χ0v) is 11.3. The molecule has 0 aliphatic carbocycles. The molecule has 2 amide bonds.